The van der Waals surface area contributed by atoms with Gasteiger partial charge in [0.05, 0.1) is 0 Å². The molecule has 0 aromatic carbocycles. The summed E-state index contributed by atoms with van der Waals surface area (Å²) in [5.74, 6) is 0. The SMILES string of the molecule is CCC(C)(C)OC(=O)N1CCC2(CCCCC2)CC1. The molecule has 1 saturated heterocycles. The minimum atomic E-state index is -0.336. The largest absolute Gasteiger partial charge is 0.443 e. The maximum absolute atomic E-state index is 12.1. The smallest absolute Gasteiger partial charge is 0.410 e. The molecule has 0 unspecified atom stereocenters. The topological polar surface area (TPSA) is 29.5 Å². The Kier molecular flexibility index (Phi) is 4.42. The average Bonchev–Trinajstić information content (AvgIpc) is 2.40. The van der Waals surface area contributed by atoms with Crippen molar-refractivity contribution in [2.24, 2.45) is 5.41 Å². The number of amides is 1. The predicted molar refractivity (Wildman–Crippen MR) is 77.2 cm³/mol. The molecule has 1 spiro atoms. The molecule has 1 aliphatic carbocycles. The van der Waals surface area contributed by atoms with Crippen LogP contribution in [0.2, 0.25) is 0 Å². The Morgan fingerprint density at radius 3 is 2.21 bits per heavy atom. The molecule has 0 aromatic rings. The zero-order chi connectivity index (χ0) is 13.9. The minimum absolute atomic E-state index is 0.113. The van der Waals surface area contributed by atoms with Gasteiger partial charge in [-0.25, -0.2) is 4.79 Å². The molecule has 0 atom stereocenters. The van der Waals surface area contributed by atoms with E-state index in [9.17, 15) is 4.79 Å². The van der Waals surface area contributed by atoms with Crippen LogP contribution < -0.4 is 0 Å². The van der Waals surface area contributed by atoms with Gasteiger partial charge < -0.3 is 9.64 Å². The van der Waals surface area contributed by atoms with E-state index >= 15 is 0 Å². The number of nitrogens with zero attached hydrogens (tertiary/aromatic N) is 1. The van der Waals surface area contributed by atoms with E-state index in [2.05, 4.69) is 6.92 Å². The van der Waals surface area contributed by atoms with Crippen LogP contribution in [-0.2, 0) is 4.74 Å². The second kappa shape index (κ2) is 5.72. The van der Waals surface area contributed by atoms with Crippen molar-refractivity contribution < 1.29 is 9.53 Å². The van der Waals surface area contributed by atoms with Gasteiger partial charge in [-0.2, -0.15) is 0 Å². The number of rotatable bonds is 2. The van der Waals surface area contributed by atoms with E-state index in [1.165, 1.54) is 44.9 Å². The number of piperidine rings is 1. The quantitative estimate of drug-likeness (QED) is 0.744. The molecule has 2 rings (SSSR count). The third-order valence-corrected chi connectivity index (χ3v) is 5.21. The fourth-order valence-corrected chi connectivity index (χ4v) is 3.34. The second-order valence-electron chi connectivity index (χ2n) is 7.03. The van der Waals surface area contributed by atoms with Crippen LogP contribution in [0.25, 0.3) is 0 Å². The van der Waals surface area contributed by atoms with Gasteiger partial charge in [0.2, 0.25) is 0 Å². The first-order valence-corrected chi connectivity index (χ1v) is 7.94. The van der Waals surface area contributed by atoms with Crippen LogP contribution in [0.1, 0.15) is 72.1 Å². The number of hydrogen-bond donors (Lipinski definition) is 0. The maximum Gasteiger partial charge on any atom is 0.410 e. The van der Waals surface area contributed by atoms with Crippen molar-refractivity contribution in [3.05, 3.63) is 0 Å². The summed E-state index contributed by atoms with van der Waals surface area (Å²) in [5, 5.41) is 0. The Morgan fingerprint density at radius 2 is 1.68 bits per heavy atom. The number of ether oxygens (including phenoxy) is 1. The van der Waals surface area contributed by atoms with E-state index in [1.807, 2.05) is 18.7 Å². The number of likely N-dealkylation sites (tertiary alicyclic amines) is 1. The molecule has 0 radical (unpaired) electrons. The Hall–Kier alpha value is -0.730. The molecule has 1 saturated carbocycles. The molecule has 2 aliphatic rings. The van der Waals surface area contributed by atoms with Crippen molar-refractivity contribution in [2.75, 3.05) is 13.1 Å². The lowest BCUT2D eigenvalue weighted by atomic mass is 9.68. The summed E-state index contributed by atoms with van der Waals surface area (Å²) in [6.07, 6.45) is 10.0. The molecule has 3 heteroatoms. The zero-order valence-electron chi connectivity index (χ0n) is 12.8. The van der Waals surface area contributed by atoms with E-state index in [-0.39, 0.29) is 11.7 Å². The third-order valence-electron chi connectivity index (χ3n) is 5.21. The van der Waals surface area contributed by atoms with Gasteiger partial charge in [-0.3, -0.25) is 0 Å². The highest BCUT2D eigenvalue weighted by Gasteiger charge is 2.37. The summed E-state index contributed by atoms with van der Waals surface area (Å²) in [6, 6.07) is 0. The normalized spacial score (nSPS) is 23.4. The molecule has 19 heavy (non-hydrogen) atoms. The van der Waals surface area contributed by atoms with Gasteiger partial charge in [-0.1, -0.05) is 26.2 Å². The van der Waals surface area contributed by atoms with Crippen molar-refractivity contribution in [1.29, 1.82) is 0 Å². The summed E-state index contributed by atoms with van der Waals surface area (Å²) < 4.78 is 5.59. The predicted octanol–water partition coefficient (Wildman–Crippen LogP) is 4.36. The van der Waals surface area contributed by atoms with Crippen molar-refractivity contribution in [2.45, 2.75) is 77.7 Å². The van der Waals surface area contributed by atoms with E-state index in [0.29, 0.717) is 5.41 Å². The standard InChI is InChI=1S/C16H29NO2/c1-4-15(2,3)19-14(18)17-12-10-16(11-13-17)8-6-5-7-9-16/h4-13H2,1-3H3. The lowest BCUT2D eigenvalue weighted by Crippen LogP contribution is -2.46. The molecular formula is C16H29NO2. The minimum Gasteiger partial charge on any atom is -0.443 e. The number of carbonyl (C=O) groups is 1. The fourth-order valence-electron chi connectivity index (χ4n) is 3.34. The van der Waals surface area contributed by atoms with E-state index in [1.54, 1.807) is 0 Å². The first-order valence-electron chi connectivity index (χ1n) is 7.94. The summed E-state index contributed by atoms with van der Waals surface area (Å²) in [5.41, 5.74) is 0.215. The van der Waals surface area contributed by atoms with E-state index < -0.39 is 0 Å². The number of carbonyl (C=O) groups excluding carboxylic acids is 1. The van der Waals surface area contributed by atoms with Gasteiger partial charge in [0.25, 0.3) is 0 Å². The van der Waals surface area contributed by atoms with Gasteiger partial charge >= 0.3 is 6.09 Å². The molecule has 2 fully saturated rings. The van der Waals surface area contributed by atoms with Crippen LogP contribution in [0.3, 0.4) is 0 Å². The van der Waals surface area contributed by atoms with Gasteiger partial charge in [0, 0.05) is 13.1 Å². The third kappa shape index (κ3) is 3.64. The first kappa shape index (κ1) is 14.7. The van der Waals surface area contributed by atoms with Gasteiger partial charge in [0.1, 0.15) is 5.60 Å². The highest BCUT2D eigenvalue weighted by molar-refractivity contribution is 5.68. The Bertz CT molecular complexity index is 309. The molecule has 0 aromatic heterocycles. The van der Waals surface area contributed by atoms with Gasteiger partial charge in [-0.05, 0) is 51.4 Å². The molecule has 110 valence electrons. The highest BCUT2D eigenvalue weighted by Crippen LogP contribution is 2.44. The Morgan fingerprint density at radius 1 is 1.11 bits per heavy atom. The average molecular weight is 267 g/mol. The van der Waals surface area contributed by atoms with Gasteiger partial charge in [0.15, 0.2) is 0 Å². The summed E-state index contributed by atoms with van der Waals surface area (Å²) in [6.45, 7) is 7.80. The van der Waals surface area contributed by atoms with Crippen molar-refractivity contribution >= 4 is 6.09 Å². The summed E-state index contributed by atoms with van der Waals surface area (Å²) >= 11 is 0. The van der Waals surface area contributed by atoms with Crippen LogP contribution in [0.15, 0.2) is 0 Å². The summed E-state index contributed by atoms with van der Waals surface area (Å²) in [7, 11) is 0. The second-order valence-corrected chi connectivity index (χ2v) is 7.03. The van der Waals surface area contributed by atoms with Crippen molar-refractivity contribution in [3.63, 3.8) is 0 Å². The lowest BCUT2D eigenvalue weighted by molar-refractivity contribution is -0.00542. The van der Waals surface area contributed by atoms with Crippen LogP contribution in [0.4, 0.5) is 4.79 Å². The molecule has 0 bridgehead atoms. The molecule has 3 nitrogen and oxygen atoms in total. The zero-order valence-corrected chi connectivity index (χ0v) is 12.8. The fraction of sp³-hybridized carbons (Fsp3) is 0.938. The Labute approximate surface area is 117 Å². The van der Waals surface area contributed by atoms with Crippen LogP contribution >= 0.6 is 0 Å². The number of hydrogen-bond acceptors (Lipinski definition) is 2. The van der Waals surface area contributed by atoms with Crippen molar-refractivity contribution in [3.8, 4) is 0 Å². The monoisotopic (exact) mass is 267 g/mol. The van der Waals surface area contributed by atoms with Crippen LogP contribution in [0.5, 0.6) is 0 Å². The van der Waals surface area contributed by atoms with Gasteiger partial charge in [-0.15, -0.1) is 0 Å². The molecule has 0 N–H and O–H groups in total. The van der Waals surface area contributed by atoms with Crippen LogP contribution in [0, 0.1) is 5.41 Å². The molecule has 1 aliphatic heterocycles. The van der Waals surface area contributed by atoms with E-state index in [0.717, 1.165) is 19.5 Å². The van der Waals surface area contributed by atoms with Crippen molar-refractivity contribution in [1.82, 2.24) is 4.90 Å². The first-order chi connectivity index (χ1) is 8.96. The molecule has 1 amide bonds. The lowest BCUT2D eigenvalue weighted by Gasteiger charge is -2.44. The summed E-state index contributed by atoms with van der Waals surface area (Å²) in [4.78, 5) is 14.1. The maximum atomic E-state index is 12.1. The molecule has 1 heterocycles. The highest BCUT2D eigenvalue weighted by atomic mass is 16.6. The van der Waals surface area contributed by atoms with Crippen LogP contribution in [-0.4, -0.2) is 29.7 Å². The van der Waals surface area contributed by atoms with E-state index in [4.69, 9.17) is 4.74 Å². The Balaban J connectivity index is 1.84. The molecular weight excluding hydrogens is 238 g/mol.